The van der Waals surface area contributed by atoms with E-state index < -0.39 is 10.8 Å². The van der Waals surface area contributed by atoms with Crippen LogP contribution in [0.3, 0.4) is 0 Å². The molecule has 0 atom stereocenters. The van der Waals surface area contributed by atoms with Crippen LogP contribution in [0.4, 0.5) is 0 Å². The maximum absolute atomic E-state index is 6.42. The Hall–Kier alpha value is -13.1. The number of fused-ring (bicyclic) bond motifs is 2. The third-order valence-corrected chi connectivity index (χ3v) is 25.7. The van der Waals surface area contributed by atoms with Crippen LogP contribution < -0.4 is 18.9 Å². The van der Waals surface area contributed by atoms with E-state index in [2.05, 4.69) is 412 Å². The maximum atomic E-state index is 6.42. The molecule has 14 heteroatoms. The van der Waals surface area contributed by atoms with Crippen LogP contribution in [-0.4, -0.2) is 79.6 Å². The highest BCUT2D eigenvalue weighted by molar-refractivity contribution is 6.00. The molecule has 4 heterocycles. The number of ether oxygens (including phenoxy) is 6. The molecule has 16 aromatic rings. The van der Waals surface area contributed by atoms with Crippen LogP contribution in [0.5, 0.6) is 23.0 Å². The Morgan fingerprint density at radius 3 is 0.758 bits per heavy atom. The van der Waals surface area contributed by atoms with Crippen molar-refractivity contribution in [1.82, 2.24) is 40.0 Å². The van der Waals surface area contributed by atoms with E-state index in [1.54, 1.807) is 9.36 Å². The molecule has 0 unspecified atom stereocenters. The first-order valence-corrected chi connectivity index (χ1v) is 46.5. The Labute approximate surface area is 780 Å². The van der Waals surface area contributed by atoms with Crippen molar-refractivity contribution in [2.45, 2.75) is 194 Å². The normalized spacial score (nSPS) is 12.5. The summed E-state index contributed by atoms with van der Waals surface area (Å²) in [7, 11) is 0. The molecule has 14 nitrogen and oxygen atoms in total. The third-order valence-electron chi connectivity index (χ3n) is 25.7. The summed E-state index contributed by atoms with van der Waals surface area (Å²) >= 11 is 0. The fraction of sp³-hybridized carbons (Fsp3) is 0.305. The lowest BCUT2D eigenvalue weighted by atomic mass is 9.64. The van der Waals surface area contributed by atoms with Crippen molar-refractivity contribution >= 4 is 21.5 Å². The van der Waals surface area contributed by atoms with Gasteiger partial charge < -0.3 is 28.4 Å². The van der Waals surface area contributed by atoms with E-state index in [0.717, 1.165) is 101 Å². The van der Waals surface area contributed by atoms with E-state index in [1.807, 2.05) is 49.1 Å². The topological polar surface area (TPSA) is 143 Å². The zero-order valence-corrected chi connectivity index (χ0v) is 80.1. The third kappa shape index (κ3) is 20.8. The quantitative estimate of drug-likeness (QED) is 0.0301. The van der Waals surface area contributed by atoms with Crippen LogP contribution in [-0.2, 0) is 79.1 Å². The average molecular weight is 1750 g/mol. The van der Waals surface area contributed by atoms with E-state index in [-0.39, 0.29) is 45.7 Å². The Kier molecular flexibility index (Phi) is 26.8. The summed E-state index contributed by atoms with van der Waals surface area (Å²) in [6.45, 7) is 45.0. The van der Waals surface area contributed by atoms with Crippen LogP contribution in [0.15, 0.2) is 316 Å². The largest absolute Gasteiger partial charge is 0.491 e. The summed E-state index contributed by atoms with van der Waals surface area (Å²) in [6.07, 6.45) is 7.74. The van der Waals surface area contributed by atoms with E-state index in [1.165, 1.54) is 66.8 Å². The van der Waals surface area contributed by atoms with Gasteiger partial charge in [-0.25, -0.2) is 9.36 Å². The maximum Gasteiger partial charge on any atom is 0.134 e. The summed E-state index contributed by atoms with van der Waals surface area (Å²) in [4.78, 5) is 9.99. The van der Waals surface area contributed by atoms with Crippen molar-refractivity contribution in [3.63, 3.8) is 0 Å². The molecule has 0 saturated carbocycles. The number of benzene rings is 12. The number of hydrogen-bond acceptors (Lipinski definition) is 12. The fourth-order valence-electron chi connectivity index (χ4n) is 17.8. The van der Waals surface area contributed by atoms with Gasteiger partial charge in [-0.05, 0) is 204 Å². The minimum absolute atomic E-state index is 0.0108. The lowest BCUT2D eigenvalue weighted by Crippen LogP contribution is -2.31. The first kappa shape index (κ1) is 92.1. The molecule has 132 heavy (non-hydrogen) atoms. The number of rotatable bonds is 31. The van der Waals surface area contributed by atoms with E-state index in [0.29, 0.717) is 52.7 Å². The fourth-order valence-corrected chi connectivity index (χ4v) is 17.8. The van der Waals surface area contributed by atoms with Crippen LogP contribution in [0.2, 0.25) is 0 Å². The van der Waals surface area contributed by atoms with Crippen LogP contribution in [0.1, 0.15) is 214 Å². The second-order valence-electron chi connectivity index (χ2n) is 41.2. The molecule has 0 aliphatic carbocycles. The summed E-state index contributed by atoms with van der Waals surface area (Å²) in [5, 5.41) is 21.9. The van der Waals surface area contributed by atoms with Gasteiger partial charge in [-0.2, -0.15) is 0 Å². The summed E-state index contributed by atoms with van der Waals surface area (Å²) in [5.74, 6) is 3.02. The zero-order chi connectivity index (χ0) is 92.8. The minimum atomic E-state index is -0.625. The smallest absolute Gasteiger partial charge is 0.134 e. The molecule has 0 amide bonds. The van der Waals surface area contributed by atoms with Gasteiger partial charge in [-0.15, -0.1) is 10.2 Å². The molecule has 0 saturated heterocycles. The highest BCUT2D eigenvalue weighted by atomic mass is 16.5. The van der Waals surface area contributed by atoms with E-state index in [4.69, 9.17) is 38.4 Å². The van der Waals surface area contributed by atoms with Crippen molar-refractivity contribution < 1.29 is 28.4 Å². The van der Waals surface area contributed by atoms with Crippen molar-refractivity contribution in [3.8, 4) is 56.6 Å². The summed E-state index contributed by atoms with van der Waals surface area (Å²) in [6, 6.07) is 106. The number of hydrogen-bond donors (Lipinski definition) is 0. The second kappa shape index (κ2) is 38.4. The lowest BCUT2D eigenvalue weighted by molar-refractivity contribution is 0.0923. The van der Waals surface area contributed by atoms with Gasteiger partial charge in [0, 0.05) is 23.2 Å². The SMILES string of the molecule is CC(C)(C)c1ccc(C(c2ccc(OCc3cn(CCOCCOc4ccc(-c5cccc6cc(-c7cc8cccc(-c9ccc(OCCOCCn%10cc(COc%11ccc(C(c%12ccc(C(C)(C)C)cc%12)(c%12ccc(C(C)(C)C)cc%12)c%12ccc(C(C)(C)C)cc%12)cc%11)nn%10)cc9)c8cn7)ncc56)cc4)nn3)cc2)(c2ccc(C(C)(C)C)cc2)c2ccc(C(C)(C)C)cc2)cc1. The Balaban J connectivity index is 0.477. The zero-order valence-electron chi connectivity index (χ0n) is 80.1. The molecule has 12 aromatic carbocycles. The Bertz CT molecular complexity index is 5880. The molecule has 4 aromatic heterocycles. The standard InChI is InChI=1S/C118H126N8O6/c1-111(2,3)85-29-41-91(42-30-85)117(92-43-31-86(32-44-92)112(4,5)6,93-45-33-87(34-46-93)113(7,8)9)97-53-61-103(62-54-97)131-79-99-77-125(123-121-99)65-67-127-69-71-129-101-57-25-81(26-58-101)105-23-19-21-83-73-109(119-75-107(83)105)110-74-84-22-20-24-106(108(84)76-120-110)82-27-59-102(60-28-82)130-72-70-128-68-66-126-78-100(122-124-126)80-132-104-63-55-98(56-64-104)118(94-47-35-88(36-48-94)114(10,11)12,95-49-37-89(38-50-95)115(13,14)15)96-51-39-90(40-52-96)116(16,17)18/h19-64,73-78H,65-72,79-80H2,1-18H3. The summed E-state index contributed by atoms with van der Waals surface area (Å²) in [5.41, 5.74) is 23.4. The minimum Gasteiger partial charge on any atom is -0.491 e. The van der Waals surface area contributed by atoms with E-state index >= 15 is 0 Å². The molecule has 674 valence electrons. The van der Waals surface area contributed by atoms with Gasteiger partial charge >= 0.3 is 0 Å². The molecular weight excluding hydrogens is 1630 g/mol. The molecule has 0 aliphatic rings. The van der Waals surface area contributed by atoms with Crippen LogP contribution >= 0.6 is 0 Å². The molecule has 16 rings (SSSR count). The molecule has 0 aliphatic heterocycles. The Morgan fingerprint density at radius 1 is 0.250 bits per heavy atom. The predicted molar refractivity (Wildman–Crippen MR) is 536 cm³/mol. The van der Waals surface area contributed by atoms with Gasteiger partial charge in [0.05, 0.1) is 74.1 Å². The highest BCUT2D eigenvalue weighted by Crippen LogP contribution is 2.50. The van der Waals surface area contributed by atoms with Gasteiger partial charge in [0.1, 0.15) is 60.8 Å². The van der Waals surface area contributed by atoms with Crippen molar-refractivity contribution in [1.29, 1.82) is 0 Å². The van der Waals surface area contributed by atoms with Crippen LogP contribution in [0.25, 0.3) is 55.2 Å². The monoisotopic (exact) mass is 1750 g/mol. The van der Waals surface area contributed by atoms with E-state index in [9.17, 15) is 0 Å². The highest BCUT2D eigenvalue weighted by Gasteiger charge is 2.42. The number of nitrogens with zero attached hydrogens (tertiary/aromatic N) is 8. The number of aromatic nitrogens is 8. The molecule has 0 radical (unpaired) electrons. The first-order chi connectivity index (χ1) is 63.1. The lowest BCUT2D eigenvalue weighted by Gasteiger charge is -2.38. The summed E-state index contributed by atoms with van der Waals surface area (Å²) < 4.78 is 40.8. The van der Waals surface area contributed by atoms with Gasteiger partial charge in [0.15, 0.2) is 0 Å². The molecule has 0 N–H and O–H groups in total. The first-order valence-electron chi connectivity index (χ1n) is 46.5. The Morgan fingerprint density at radius 2 is 0.492 bits per heavy atom. The second-order valence-corrected chi connectivity index (χ2v) is 41.2. The molecule has 0 bridgehead atoms. The van der Waals surface area contributed by atoms with Gasteiger partial charge in [0.2, 0.25) is 0 Å². The van der Waals surface area contributed by atoms with Crippen molar-refractivity contribution in [2.75, 3.05) is 39.6 Å². The van der Waals surface area contributed by atoms with Crippen molar-refractivity contribution in [3.05, 3.63) is 405 Å². The number of pyridine rings is 2. The molecular formula is C118H126N8O6. The molecule has 0 spiro atoms. The molecule has 0 fully saturated rings. The van der Waals surface area contributed by atoms with Gasteiger partial charge in [0.25, 0.3) is 0 Å². The van der Waals surface area contributed by atoms with Gasteiger partial charge in [-0.3, -0.25) is 9.97 Å². The average Bonchev–Trinajstić information content (AvgIpc) is 0.820. The van der Waals surface area contributed by atoms with Crippen molar-refractivity contribution in [2.24, 2.45) is 0 Å². The van der Waals surface area contributed by atoms with Crippen LogP contribution in [0, 0.1) is 0 Å². The van der Waals surface area contributed by atoms with Gasteiger partial charge in [-0.1, -0.05) is 366 Å². The predicted octanol–water partition coefficient (Wildman–Crippen LogP) is 26.9.